The lowest BCUT2D eigenvalue weighted by molar-refractivity contribution is -0.147. The van der Waals surface area contributed by atoms with Gasteiger partial charge in [-0.3, -0.25) is 4.79 Å². The second-order valence-corrected chi connectivity index (χ2v) is 10.1. The van der Waals surface area contributed by atoms with Crippen LogP contribution < -0.4 is 4.74 Å². The Bertz CT molecular complexity index is 1400. The summed E-state index contributed by atoms with van der Waals surface area (Å²) in [5.74, 6) is 0.849. The quantitative estimate of drug-likeness (QED) is 0.269. The molecule has 0 spiro atoms. The lowest BCUT2D eigenvalue weighted by atomic mass is 9.82. The molecule has 5 rings (SSSR count). The summed E-state index contributed by atoms with van der Waals surface area (Å²) in [4.78, 5) is 22.7. The summed E-state index contributed by atoms with van der Waals surface area (Å²) in [6, 6.07) is 18.1. The molecule has 1 aliphatic carbocycles. The molecule has 0 bridgehead atoms. The number of ether oxygens (including phenoxy) is 1. The number of fused-ring (bicyclic) bond motifs is 1. The summed E-state index contributed by atoms with van der Waals surface area (Å²) in [6.07, 6.45) is 10.7. The highest BCUT2D eigenvalue weighted by Crippen LogP contribution is 2.32. The predicted molar refractivity (Wildman–Crippen MR) is 143 cm³/mol. The maximum absolute atomic E-state index is 11.9. The van der Waals surface area contributed by atoms with E-state index >= 15 is 0 Å². The predicted octanol–water partition coefficient (Wildman–Crippen LogP) is 6.52. The number of carboxylic acids is 1. The molecule has 1 atom stereocenters. The zero-order valence-corrected chi connectivity index (χ0v) is 21.1. The van der Waals surface area contributed by atoms with E-state index in [2.05, 4.69) is 23.6 Å². The van der Waals surface area contributed by atoms with Crippen LogP contribution in [0, 0.1) is 5.41 Å². The third-order valence-corrected chi connectivity index (χ3v) is 7.61. The van der Waals surface area contributed by atoms with Gasteiger partial charge in [0.15, 0.2) is 5.65 Å². The number of carboxylic acid groups (broad SMARTS) is 1. The minimum absolute atomic E-state index is 0.0922. The number of unbranched alkanes of at least 4 members (excludes halogenated alkanes) is 1. The van der Waals surface area contributed by atoms with Crippen LogP contribution in [0.4, 0.5) is 0 Å². The van der Waals surface area contributed by atoms with Gasteiger partial charge in [0.2, 0.25) is 0 Å². The molecule has 0 amide bonds. The van der Waals surface area contributed by atoms with Crippen LogP contribution in [0.3, 0.4) is 0 Å². The number of hydrogen-bond acceptors (Lipinski definition) is 5. The number of aromatic nitrogens is 3. The maximum Gasteiger partial charge on any atom is 0.317 e. The average molecular weight is 500 g/mol. The van der Waals surface area contributed by atoms with E-state index in [9.17, 15) is 9.90 Å². The highest BCUT2D eigenvalue weighted by atomic mass is 32.1. The Kier molecular flexibility index (Phi) is 7.00. The lowest BCUT2D eigenvalue weighted by Crippen LogP contribution is -2.35. The summed E-state index contributed by atoms with van der Waals surface area (Å²) in [5.41, 5.74) is 2.01. The van der Waals surface area contributed by atoms with Crippen molar-refractivity contribution in [1.82, 2.24) is 14.5 Å². The van der Waals surface area contributed by atoms with E-state index in [-0.39, 0.29) is 6.61 Å². The van der Waals surface area contributed by atoms with Gasteiger partial charge < -0.3 is 14.4 Å². The molecule has 1 N–H and O–H groups in total. The monoisotopic (exact) mass is 499 g/mol. The lowest BCUT2D eigenvalue weighted by Gasteiger charge is -2.26. The SMILES string of the molecule is CCCCc1nc2nc(-c3ccccc3)sc2n1Cc1ccc(OCC2(C(=O)O)C=CC=CC2)cc1. The molecule has 1 unspecified atom stereocenters. The molecule has 4 aromatic rings. The fraction of sp³-hybridized carbons (Fsp3) is 0.276. The van der Waals surface area contributed by atoms with Gasteiger partial charge in [0.25, 0.3) is 0 Å². The zero-order chi connectivity index (χ0) is 25.0. The first-order chi connectivity index (χ1) is 17.6. The summed E-state index contributed by atoms with van der Waals surface area (Å²) in [5, 5.41) is 10.7. The van der Waals surface area contributed by atoms with Gasteiger partial charge in [0, 0.05) is 12.0 Å². The molecule has 2 aromatic carbocycles. The average Bonchev–Trinajstić information content (AvgIpc) is 3.47. The van der Waals surface area contributed by atoms with Crippen LogP contribution in [0.5, 0.6) is 5.75 Å². The van der Waals surface area contributed by atoms with E-state index in [4.69, 9.17) is 14.7 Å². The Morgan fingerprint density at radius 2 is 1.92 bits per heavy atom. The second-order valence-electron chi connectivity index (χ2n) is 9.12. The number of aryl methyl sites for hydroxylation is 1. The summed E-state index contributed by atoms with van der Waals surface area (Å²) < 4.78 is 8.19. The number of aliphatic carboxylic acids is 1. The van der Waals surface area contributed by atoms with Crippen molar-refractivity contribution in [2.24, 2.45) is 5.41 Å². The minimum Gasteiger partial charge on any atom is -0.492 e. The highest BCUT2D eigenvalue weighted by Gasteiger charge is 2.36. The molecule has 1 aliphatic rings. The third-order valence-electron chi connectivity index (χ3n) is 6.49. The van der Waals surface area contributed by atoms with E-state index in [1.807, 2.05) is 54.6 Å². The molecule has 0 saturated heterocycles. The number of benzene rings is 2. The Hall–Kier alpha value is -3.71. The van der Waals surface area contributed by atoms with E-state index < -0.39 is 11.4 Å². The number of carbonyl (C=O) groups is 1. The van der Waals surface area contributed by atoms with Crippen LogP contribution in [-0.4, -0.2) is 32.2 Å². The summed E-state index contributed by atoms with van der Waals surface area (Å²) in [6.45, 7) is 2.97. The topological polar surface area (TPSA) is 77.2 Å². The summed E-state index contributed by atoms with van der Waals surface area (Å²) in [7, 11) is 0. The molecule has 0 aliphatic heterocycles. The number of thiazole rings is 1. The normalized spacial score (nSPS) is 17.0. The molecule has 184 valence electrons. The molecule has 2 heterocycles. The number of allylic oxidation sites excluding steroid dienone is 3. The number of hydrogen-bond donors (Lipinski definition) is 1. The number of nitrogens with zero attached hydrogens (tertiary/aromatic N) is 3. The second kappa shape index (κ2) is 10.5. The van der Waals surface area contributed by atoms with Crippen molar-refractivity contribution in [2.75, 3.05) is 6.61 Å². The molecule has 0 saturated carbocycles. The van der Waals surface area contributed by atoms with E-state index in [0.717, 1.165) is 51.7 Å². The Morgan fingerprint density at radius 3 is 2.61 bits per heavy atom. The molecule has 0 radical (unpaired) electrons. The summed E-state index contributed by atoms with van der Waals surface area (Å²) >= 11 is 1.68. The van der Waals surface area contributed by atoms with Crippen molar-refractivity contribution in [2.45, 2.75) is 39.2 Å². The van der Waals surface area contributed by atoms with Gasteiger partial charge in [-0.05, 0) is 30.5 Å². The Labute approximate surface area is 214 Å². The van der Waals surface area contributed by atoms with Crippen molar-refractivity contribution in [1.29, 1.82) is 0 Å². The Balaban J connectivity index is 1.35. The molecule has 7 heteroatoms. The van der Waals surface area contributed by atoms with E-state index in [0.29, 0.717) is 18.7 Å². The van der Waals surface area contributed by atoms with Gasteiger partial charge >= 0.3 is 5.97 Å². The van der Waals surface area contributed by atoms with Crippen molar-refractivity contribution in [3.8, 4) is 16.3 Å². The van der Waals surface area contributed by atoms with Crippen molar-refractivity contribution in [3.05, 3.63) is 90.3 Å². The molecule has 0 fully saturated rings. The molecular formula is C29H29N3O3S. The van der Waals surface area contributed by atoms with Crippen molar-refractivity contribution < 1.29 is 14.6 Å². The fourth-order valence-electron chi connectivity index (χ4n) is 4.32. The first-order valence-electron chi connectivity index (χ1n) is 12.3. The van der Waals surface area contributed by atoms with Crippen LogP contribution in [0.25, 0.3) is 21.0 Å². The smallest absolute Gasteiger partial charge is 0.317 e. The Morgan fingerprint density at radius 1 is 1.11 bits per heavy atom. The van der Waals surface area contributed by atoms with Gasteiger partial charge in [-0.2, -0.15) is 0 Å². The van der Waals surface area contributed by atoms with Crippen LogP contribution >= 0.6 is 11.3 Å². The first kappa shape index (κ1) is 24.0. The first-order valence-corrected chi connectivity index (χ1v) is 13.1. The highest BCUT2D eigenvalue weighted by molar-refractivity contribution is 7.21. The van der Waals surface area contributed by atoms with Gasteiger partial charge in [-0.15, -0.1) is 0 Å². The maximum atomic E-state index is 11.9. The third kappa shape index (κ3) is 4.97. The standard InChI is InChI=1S/C29H29N3O3S/c1-2-3-12-24-30-25-27(36-26(31-25)22-10-6-4-7-11-22)32(24)19-21-13-15-23(16-14-21)35-20-29(28(33)34)17-8-5-9-18-29/h4-11,13-17H,2-3,12,18-20H2,1H3,(H,33,34). The molecule has 2 aromatic heterocycles. The van der Waals surface area contributed by atoms with Crippen molar-refractivity contribution >= 4 is 27.8 Å². The largest absolute Gasteiger partial charge is 0.492 e. The van der Waals surface area contributed by atoms with Gasteiger partial charge in [-0.1, -0.05) is 91.4 Å². The van der Waals surface area contributed by atoms with Gasteiger partial charge in [0.05, 0.1) is 6.54 Å². The fourth-order valence-corrected chi connectivity index (χ4v) is 5.36. The number of imidazole rings is 1. The van der Waals surface area contributed by atoms with Crippen molar-refractivity contribution in [3.63, 3.8) is 0 Å². The minimum atomic E-state index is -1.02. The van der Waals surface area contributed by atoms with E-state index in [1.54, 1.807) is 23.5 Å². The van der Waals surface area contributed by atoms with E-state index in [1.165, 1.54) is 0 Å². The number of rotatable bonds is 10. The molecular weight excluding hydrogens is 470 g/mol. The zero-order valence-electron chi connectivity index (χ0n) is 20.3. The van der Waals surface area contributed by atoms with Crippen LogP contribution in [0.15, 0.2) is 78.9 Å². The van der Waals surface area contributed by atoms with Gasteiger partial charge in [-0.25, -0.2) is 9.97 Å². The van der Waals surface area contributed by atoms with Crippen LogP contribution in [0.2, 0.25) is 0 Å². The van der Waals surface area contributed by atoms with Crippen LogP contribution in [0.1, 0.15) is 37.6 Å². The van der Waals surface area contributed by atoms with Crippen LogP contribution in [-0.2, 0) is 17.8 Å². The van der Waals surface area contributed by atoms with Gasteiger partial charge in [0.1, 0.15) is 33.4 Å². The molecule has 6 nitrogen and oxygen atoms in total. The molecule has 36 heavy (non-hydrogen) atoms.